The number of anilines is 1. The lowest BCUT2D eigenvalue weighted by molar-refractivity contribution is 0.102. The number of aromatic nitrogens is 2. The summed E-state index contributed by atoms with van der Waals surface area (Å²) in [7, 11) is 0. The van der Waals surface area contributed by atoms with Gasteiger partial charge in [-0.25, -0.2) is 5.10 Å². The molecule has 23 heavy (non-hydrogen) atoms. The van der Waals surface area contributed by atoms with Crippen LogP contribution in [0.5, 0.6) is 0 Å². The van der Waals surface area contributed by atoms with E-state index in [4.69, 9.17) is 0 Å². The molecular formula is C18H15N3O2. The molecule has 1 amide bonds. The number of hydrogen-bond donors (Lipinski definition) is 2. The Morgan fingerprint density at radius 1 is 1.04 bits per heavy atom. The topological polar surface area (TPSA) is 74.8 Å². The molecule has 0 aliphatic carbocycles. The average Bonchev–Trinajstić information content (AvgIpc) is 2.56. The molecule has 0 atom stereocenters. The Kier molecular flexibility index (Phi) is 4.01. The van der Waals surface area contributed by atoms with Crippen LogP contribution in [0.4, 0.5) is 5.69 Å². The number of rotatable bonds is 3. The van der Waals surface area contributed by atoms with Crippen LogP contribution in [-0.2, 0) is 0 Å². The Labute approximate surface area is 133 Å². The largest absolute Gasteiger partial charge is 0.322 e. The second-order valence-electron chi connectivity index (χ2n) is 5.16. The molecule has 0 aliphatic rings. The van der Waals surface area contributed by atoms with Crippen LogP contribution in [0.2, 0.25) is 0 Å². The number of H-pyrrole nitrogens is 1. The van der Waals surface area contributed by atoms with E-state index in [0.717, 1.165) is 11.1 Å². The zero-order chi connectivity index (χ0) is 16.2. The molecular weight excluding hydrogens is 290 g/mol. The predicted molar refractivity (Wildman–Crippen MR) is 89.4 cm³/mol. The lowest BCUT2D eigenvalue weighted by atomic mass is 10.1. The molecule has 3 aromatic rings. The summed E-state index contributed by atoms with van der Waals surface area (Å²) in [6.07, 6.45) is 0. The van der Waals surface area contributed by atoms with Crippen LogP contribution in [0, 0.1) is 6.92 Å². The number of benzene rings is 2. The number of nitrogens with zero attached hydrogens (tertiary/aromatic N) is 1. The highest BCUT2D eigenvalue weighted by Crippen LogP contribution is 2.20. The smallest absolute Gasteiger partial charge is 0.264 e. The molecule has 5 nitrogen and oxygen atoms in total. The van der Waals surface area contributed by atoms with Gasteiger partial charge in [0.05, 0.1) is 5.69 Å². The fourth-order valence-electron chi connectivity index (χ4n) is 2.29. The third-order valence-corrected chi connectivity index (χ3v) is 3.49. The van der Waals surface area contributed by atoms with Crippen molar-refractivity contribution in [3.8, 4) is 11.3 Å². The van der Waals surface area contributed by atoms with Crippen molar-refractivity contribution in [1.82, 2.24) is 10.2 Å². The molecule has 0 bridgehead atoms. The molecule has 3 rings (SSSR count). The first-order chi connectivity index (χ1) is 11.1. The number of aryl methyl sites for hydroxylation is 1. The molecule has 0 aliphatic heterocycles. The van der Waals surface area contributed by atoms with E-state index in [9.17, 15) is 9.59 Å². The van der Waals surface area contributed by atoms with Crippen LogP contribution >= 0.6 is 0 Å². The van der Waals surface area contributed by atoms with Crippen molar-refractivity contribution < 1.29 is 4.79 Å². The molecule has 2 aromatic carbocycles. The monoisotopic (exact) mass is 305 g/mol. The maximum absolute atomic E-state index is 12.4. The Morgan fingerprint density at radius 3 is 2.61 bits per heavy atom. The van der Waals surface area contributed by atoms with Gasteiger partial charge in [-0.2, -0.15) is 5.10 Å². The van der Waals surface area contributed by atoms with Crippen LogP contribution in [0.3, 0.4) is 0 Å². The van der Waals surface area contributed by atoms with Gasteiger partial charge in [-0.1, -0.05) is 30.3 Å². The Hall–Kier alpha value is -3.21. The first kappa shape index (κ1) is 14.7. The van der Waals surface area contributed by atoms with E-state index in [1.165, 1.54) is 6.07 Å². The van der Waals surface area contributed by atoms with E-state index in [-0.39, 0.29) is 11.5 Å². The SMILES string of the molecule is Cc1ccccc1C(=O)Nc1cccc(-c2ccc(=O)[nH]n2)c1. The number of carbonyl (C=O) groups excluding carboxylic acids is 1. The van der Waals surface area contributed by atoms with Crippen LogP contribution < -0.4 is 10.9 Å². The summed E-state index contributed by atoms with van der Waals surface area (Å²) in [5.41, 5.74) is 3.42. The van der Waals surface area contributed by atoms with E-state index < -0.39 is 0 Å². The maximum Gasteiger partial charge on any atom is 0.264 e. The quantitative estimate of drug-likeness (QED) is 0.781. The lowest BCUT2D eigenvalue weighted by Gasteiger charge is -2.09. The molecule has 0 unspecified atom stereocenters. The van der Waals surface area contributed by atoms with Gasteiger partial charge >= 0.3 is 0 Å². The standard InChI is InChI=1S/C18H15N3O2/c1-12-5-2-3-8-15(12)18(23)19-14-7-4-6-13(11-14)16-9-10-17(22)21-20-16/h2-11H,1H3,(H,19,23)(H,21,22). The Bertz CT molecular complexity index is 895. The van der Waals surface area contributed by atoms with Crippen LogP contribution in [0.25, 0.3) is 11.3 Å². The van der Waals surface area contributed by atoms with Gasteiger partial charge in [0.25, 0.3) is 11.5 Å². The number of amides is 1. The van der Waals surface area contributed by atoms with E-state index in [1.807, 2.05) is 49.4 Å². The Balaban J connectivity index is 1.86. The normalized spacial score (nSPS) is 10.3. The number of hydrogen-bond acceptors (Lipinski definition) is 3. The summed E-state index contributed by atoms with van der Waals surface area (Å²) in [5.74, 6) is -0.158. The van der Waals surface area contributed by atoms with Crippen molar-refractivity contribution in [2.24, 2.45) is 0 Å². The average molecular weight is 305 g/mol. The van der Waals surface area contributed by atoms with Crippen molar-refractivity contribution in [1.29, 1.82) is 0 Å². The van der Waals surface area contributed by atoms with Crippen molar-refractivity contribution >= 4 is 11.6 Å². The fraction of sp³-hybridized carbons (Fsp3) is 0.0556. The summed E-state index contributed by atoms with van der Waals surface area (Å²) in [6, 6.07) is 17.8. The van der Waals surface area contributed by atoms with Gasteiger partial charge in [0, 0.05) is 22.9 Å². The Morgan fingerprint density at radius 2 is 1.87 bits per heavy atom. The molecule has 1 heterocycles. The third-order valence-electron chi connectivity index (χ3n) is 3.49. The van der Waals surface area contributed by atoms with Gasteiger partial charge in [-0.3, -0.25) is 9.59 Å². The number of carbonyl (C=O) groups is 1. The van der Waals surface area contributed by atoms with E-state index in [2.05, 4.69) is 15.5 Å². The third kappa shape index (κ3) is 3.35. The summed E-state index contributed by atoms with van der Waals surface area (Å²) in [5, 5.41) is 9.27. The maximum atomic E-state index is 12.4. The van der Waals surface area contributed by atoms with Crippen LogP contribution in [0.1, 0.15) is 15.9 Å². The molecule has 1 aromatic heterocycles. The molecule has 0 saturated carbocycles. The molecule has 0 radical (unpaired) electrons. The van der Waals surface area contributed by atoms with Crippen molar-refractivity contribution in [2.45, 2.75) is 6.92 Å². The fourth-order valence-corrected chi connectivity index (χ4v) is 2.29. The summed E-state index contributed by atoms with van der Waals surface area (Å²) < 4.78 is 0. The zero-order valence-electron chi connectivity index (χ0n) is 12.5. The number of nitrogens with one attached hydrogen (secondary N) is 2. The molecule has 114 valence electrons. The van der Waals surface area contributed by atoms with Crippen molar-refractivity contribution in [2.75, 3.05) is 5.32 Å². The van der Waals surface area contributed by atoms with Crippen molar-refractivity contribution in [3.05, 3.63) is 82.1 Å². The van der Waals surface area contributed by atoms with Gasteiger partial charge in [0.15, 0.2) is 0 Å². The van der Waals surface area contributed by atoms with Crippen LogP contribution in [0.15, 0.2) is 65.5 Å². The highest BCUT2D eigenvalue weighted by molar-refractivity contribution is 6.05. The summed E-state index contributed by atoms with van der Waals surface area (Å²) in [4.78, 5) is 23.4. The highest BCUT2D eigenvalue weighted by atomic mass is 16.1. The lowest BCUT2D eigenvalue weighted by Crippen LogP contribution is -2.13. The molecule has 0 fully saturated rings. The summed E-state index contributed by atoms with van der Waals surface area (Å²) >= 11 is 0. The van der Waals surface area contributed by atoms with Gasteiger partial charge in [0.1, 0.15) is 0 Å². The second-order valence-corrected chi connectivity index (χ2v) is 5.16. The van der Waals surface area contributed by atoms with Gasteiger partial charge < -0.3 is 5.32 Å². The van der Waals surface area contributed by atoms with Crippen molar-refractivity contribution in [3.63, 3.8) is 0 Å². The minimum absolute atomic E-state index is 0.158. The predicted octanol–water partition coefficient (Wildman–Crippen LogP) is 3.00. The first-order valence-corrected chi connectivity index (χ1v) is 7.16. The minimum atomic E-state index is -0.252. The summed E-state index contributed by atoms with van der Waals surface area (Å²) in [6.45, 7) is 1.90. The van der Waals surface area contributed by atoms with Gasteiger partial charge in [-0.15, -0.1) is 0 Å². The zero-order valence-corrected chi connectivity index (χ0v) is 12.5. The van der Waals surface area contributed by atoms with Gasteiger partial charge in [-0.05, 0) is 36.8 Å². The minimum Gasteiger partial charge on any atom is -0.322 e. The van der Waals surface area contributed by atoms with E-state index in [1.54, 1.807) is 12.1 Å². The molecule has 0 saturated heterocycles. The first-order valence-electron chi connectivity index (χ1n) is 7.16. The van der Waals surface area contributed by atoms with E-state index >= 15 is 0 Å². The number of aromatic amines is 1. The second kappa shape index (κ2) is 6.27. The molecule has 5 heteroatoms. The van der Waals surface area contributed by atoms with E-state index in [0.29, 0.717) is 16.9 Å². The van der Waals surface area contributed by atoms with Crippen LogP contribution in [-0.4, -0.2) is 16.1 Å². The highest BCUT2D eigenvalue weighted by Gasteiger charge is 2.09. The van der Waals surface area contributed by atoms with Gasteiger partial charge in [0.2, 0.25) is 0 Å². The molecule has 0 spiro atoms. The molecule has 2 N–H and O–H groups in total.